The van der Waals surface area contributed by atoms with Crippen LogP contribution >= 0.6 is 0 Å². The largest absolute Gasteiger partial charge is 0.466 e. The number of unbranched alkanes of at least 4 members (excludes halogenated alkanes) is 3. The number of carbonyl (C=O) groups is 2. The van der Waals surface area contributed by atoms with E-state index in [4.69, 9.17) is 18.3 Å². The Morgan fingerprint density at radius 3 is 1.90 bits per heavy atom. The molecular formula is C33H43NO6Si. The summed E-state index contributed by atoms with van der Waals surface area (Å²) in [6, 6.07) is 29.7. The van der Waals surface area contributed by atoms with E-state index in [1.807, 2.05) is 105 Å². The van der Waals surface area contributed by atoms with Gasteiger partial charge in [0.1, 0.15) is 6.61 Å². The van der Waals surface area contributed by atoms with Gasteiger partial charge in [-0.3, -0.25) is 4.79 Å². The van der Waals surface area contributed by atoms with Crippen LogP contribution in [0.4, 0.5) is 4.79 Å². The summed E-state index contributed by atoms with van der Waals surface area (Å²) in [5.74, 6) is -0.293. The number of esters is 1. The molecule has 0 unspecified atom stereocenters. The first-order valence-electron chi connectivity index (χ1n) is 14.4. The highest BCUT2D eigenvalue weighted by Gasteiger charge is 2.47. The van der Waals surface area contributed by atoms with Gasteiger partial charge in [0.05, 0.1) is 18.6 Å². The van der Waals surface area contributed by atoms with E-state index >= 15 is 0 Å². The van der Waals surface area contributed by atoms with Crippen LogP contribution < -0.4 is 15.7 Å². The second-order valence-electron chi connectivity index (χ2n) is 10.4. The van der Waals surface area contributed by atoms with Crippen molar-refractivity contribution in [1.29, 1.82) is 0 Å². The first-order chi connectivity index (χ1) is 19.8. The van der Waals surface area contributed by atoms with Crippen LogP contribution in [0.5, 0.6) is 0 Å². The third-order valence-corrected chi connectivity index (χ3v) is 10.1. The number of benzene rings is 3. The fourth-order valence-electron chi connectivity index (χ4n) is 4.54. The van der Waals surface area contributed by atoms with Crippen molar-refractivity contribution in [3.8, 4) is 0 Å². The number of rotatable bonds is 17. The van der Waals surface area contributed by atoms with E-state index in [-0.39, 0.29) is 19.0 Å². The number of ether oxygens (including phenoxy) is 2. The summed E-state index contributed by atoms with van der Waals surface area (Å²) < 4.78 is 24.2. The molecule has 3 aromatic carbocycles. The first-order valence-corrected chi connectivity index (χ1v) is 16.2. The zero-order chi connectivity index (χ0) is 29.4. The molecule has 1 amide bonds. The maximum atomic E-state index is 12.4. The van der Waals surface area contributed by atoms with Gasteiger partial charge in [-0.05, 0) is 49.5 Å². The molecule has 3 aromatic rings. The third kappa shape index (κ3) is 10.8. The maximum absolute atomic E-state index is 12.4. The van der Waals surface area contributed by atoms with Gasteiger partial charge < -0.3 is 23.6 Å². The molecular weight excluding hydrogens is 534 g/mol. The average Bonchev–Trinajstić information content (AvgIpc) is 2.98. The lowest BCUT2D eigenvalue weighted by atomic mass is 10.1. The minimum atomic E-state index is -3.18. The highest BCUT2D eigenvalue weighted by molar-refractivity contribution is 6.92. The molecule has 41 heavy (non-hydrogen) atoms. The molecule has 0 saturated carbocycles. The Labute approximate surface area is 245 Å². The van der Waals surface area contributed by atoms with E-state index in [2.05, 4.69) is 5.32 Å². The lowest BCUT2D eigenvalue weighted by Gasteiger charge is -2.38. The predicted molar refractivity (Wildman–Crippen MR) is 163 cm³/mol. The first kappa shape index (κ1) is 32.1. The molecule has 0 aliphatic heterocycles. The topological polar surface area (TPSA) is 83.1 Å². The number of hydrogen-bond donors (Lipinski definition) is 1. The van der Waals surface area contributed by atoms with Crippen LogP contribution in [-0.4, -0.2) is 46.0 Å². The Kier molecular flexibility index (Phi) is 13.1. The normalized spacial score (nSPS) is 11.6. The van der Waals surface area contributed by atoms with Gasteiger partial charge >= 0.3 is 20.6 Å². The van der Waals surface area contributed by atoms with Gasteiger partial charge in [-0.2, -0.15) is 0 Å². The highest BCUT2D eigenvalue weighted by atomic mass is 28.4. The molecule has 3 rings (SSSR count). The minimum Gasteiger partial charge on any atom is -0.466 e. The monoisotopic (exact) mass is 577 g/mol. The van der Waals surface area contributed by atoms with Crippen LogP contribution in [0.1, 0.15) is 58.4 Å². The van der Waals surface area contributed by atoms with Gasteiger partial charge in [-0.15, -0.1) is 0 Å². The molecule has 0 radical (unpaired) electrons. The smallest absolute Gasteiger partial charge is 0.407 e. The van der Waals surface area contributed by atoms with Gasteiger partial charge in [0, 0.05) is 13.2 Å². The number of hydrogen-bond acceptors (Lipinski definition) is 6. The van der Waals surface area contributed by atoms with Gasteiger partial charge in [0.2, 0.25) is 0 Å². The Bertz CT molecular complexity index is 1130. The van der Waals surface area contributed by atoms with Crippen LogP contribution in [0.3, 0.4) is 0 Å². The molecule has 7 nitrogen and oxygen atoms in total. The molecule has 1 N–H and O–H groups in total. The van der Waals surface area contributed by atoms with Crippen LogP contribution in [-0.2, 0) is 29.7 Å². The van der Waals surface area contributed by atoms with E-state index in [0.29, 0.717) is 19.8 Å². The fourth-order valence-corrected chi connectivity index (χ4v) is 8.05. The van der Waals surface area contributed by atoms with Crippen molar-refractivity contribution >= 4 is 31.0 Å². The van der Waals surface area contributed by atoms with Crippen molar-refractivity contribution in [3.05, 3.63) is 96.6 Å². The lowest BCUT2D eigenvalue weighted by Crippen LogP contribution is -2.66. The van der Waals surface area contributed by atoms with Crippen LogP contribution in [0, 0.1) is 0 Å². The molecule has 0 aliphatic rings. The van der Waals surface area contributed by atoms with Crippen molar-refractivity contribution < 1.29 is 27.9 Å². The van der Waals surface area contributed by atoms with E-state index < -0.39 is 20.3 Å². The van der Waals surface area contributed by atoms with Gasteiger partial charge in [0.15, 0.2) is 0 Å². The molecule has 0 saturated heterocycles. The Morgan fingerprint density at radius 2 is 1.32 bits per heavy atom. The van der Waals surface area contributed by atoms with E-state index in [9.17, 15) is 9.59 Å². The Hall–Kier alpha value is -3.46. The Morgan fingerprint density at radius 1 is 0.756 bits per heavy atom. The van der Waals surface area contributed by atoms with Crippen molar-refractivity contribution in [3.63, 3.8) is 0 Å². The summed E-state index contributed by atoms with van der Waals surface area (Å²) in [5.41, 5.74) is 0.159. The van der Waals surface area contributed by atoms with Crippen molar-refractivity contribution in [2.24, 2.45) is 0 Å². The number of carbonyl (C=O) groups excluding carboxylic acids is 2. The second kappa shape index (κ2) is 16.7. The lowest BCUT2D eigenvalue weighted by molar-refractivity contribution is -0.147. The number of amides is 1. The summed E-state index contributed by atoms with van der Waals surface area (Å²) in [7, 11) is -3.18. The summed E-state index contributed by atoms with van der Waals surface area (Å²) in [4.78, 5) is 24.3. The van der Waals surface area contributed by atoms with Gasteiger partial charge in [0.25, 0.3) is 0 Å². The fraction of sp³-hybridized carbons (Fsp3) is 0.394. The summed E-state index contributed by atoms with van der Waals surface area (Å²) >= 11 is 0. The molecule has 0 spiro atoms. The number of alkyl carbamates (subject to hydrolysis) is 1. The van der Waals surface area contributed by atoms with Gasteiger partial charge in [-0.1, -0.05) is 104 Å². The molecule has 0 aliphatic carbocycles. The van der Waals surface area contributed by atoms with E-state index in [1.54, 1.807) is 6.92 Å². The summed E-state index contributed by atoms with van der Waals surface area (Å²) in [5, 5.41) is 4.79. The van der Waals surface area contributed by atoms with Crippen LogP contribution in [0.15, 0.2) is 91.0 Å². The van der Waals surface area contributed by atoms with Gasteiger partial charge in [-0.25, -0.2) is 4.79 Å². The average molecular weight is 578 g/mol. The van der Waals surface area contributed by atoms with Crippen molar-refractivity contribution in [1.82, 2.24) is 5.32 Å². The quantitative estimate of drug-likeness (QED) is 0.130. The van der Waals surface area contributed by atoms with Crippen molar-refractivity contribution in [2.45, 2.75) is 65.1 Å². The Balaban J connectivity index is 1.56. The molecule has 0 fully saturated rings. The molecule has 220 valence electrons. The zero-order valence-electron chi connectivity index (χ0n) is 24.5. The third-order valence-electron chi connectivity index (χ3n) is 6.46. The van der Waals surface area contributed by atoms with E-state index in [1.165, 1.54) is 0 Å². The second-order valence-corrected chi connectivity index (χ2v) is 13.3. The highest BCUT2D eigenvalue weighted by Crippen LogP contribution is 2.24. The van der Waals surface area contributed by atoms with Crippen molar-refractivity contribution in [2.75, 3.05) is 19.8 Å². The molecule has 8 heteroatoms. The summed E-state index contributed by atoms with van der Waals surface area (Å²) in [6.45, 7) is 7.30. The standard InChI is InChI=1S/C33H43NO6Si/c1-4-37-31(35)26-33(2,3)40-41(29-20-12-8-13-21-29,30-22-14-9-15-23-30)39-25-17-6-5-16-24-34-32(36)38-27-28-18-10-7-11-19-28/h7-15,18-23H,4-6,16-17,24-27H2,1-3H3,(H,34,36). The van der Waals surface area contributed by atoms with Crippen LogP contribution in [0.2, 0.25) is 0 Å². The maximum Gasteiger partial charge on any atom is 0.407 e. The molecule has 0 heterocycles. The van der Waals surface area contributed by atoms with Crippen LogP contribution in [0.25, 0.3) is 0 Å². The zero-order valence-corrected chi connectivity index (χ0v) is 25.5. The SMILES string of the molecule is CCOC(=O)CC(C)(C)O[Si](OCCCCCCNC(=O)OCc1ccccc1)(c1ccccc1)c1ccccc1. The predicted octanol–water partition coefficient (Wildman–Crippen LogP) is 5.49. The minimum absolute atomic E-state index is 0.124. The molecule has 0 atom stereocenters. The molecule has 0 bridgehead atoms. The molecule has 0 aromatic heterocycles. The number of nitrogens with one attached hydrogen (secondary N) is 1. The summed E-state index contributed by atoms with van der Waals surface area (Å²) in [6.07, 6.45) is 3.31. The van der Waals surface area contributed by atoms with E-state index in [0.717, 1.165) is 41.6 Å².